The van der Waals surface area contributed by atoms with Gasteiger partial charge in [-0.3, -0.25) is 0 Å². The van der Waals surface area contributed by atoms with E-state index < -0.39 is 10.0 Å². The molecule has 0 spiro atoms. The van der Waals surface area contributed by atoms with Crippen molar-refractivity contribution in [3.8, 4) is 5.75 Å². The fourth-order valence-electron chi connectivity index (χ4n) is 3.29. The minimum atomic E-state index is -3.72. The molecule has 0 radical (unpaired) electrons. The Morgan fingerprint density at radius 1 is 1.17 bits per heavy atom. The summed E-state index contributed by atoms with van der Waals surface area (Å²) in [6.45, 7) is 4.87. The zero-order chi connectivity index (χ0) is 20.7. The van der Waals surface area contributed by atoms with Crippen LogP contribution in [0.3, 0.4) is 0 Å². The van der Waals surface area contributed by atoms with Gasteiger partial charge in [0.15, 0.2) is 5.96 Å². The van der Waals surface area contributed by atoms with E-state index in [9.17, 15) is 8.42 Å². The Bertz CT molecular complexity index is 930. The third-order valence-electron chi connectivity index (χ3n) is 4.76. The van der Waals surface area contributed by atoms with Gasteiger partial charge in [-0.05, 0) is 36.8 Å². The molecule has 0 saturated carbocycles. The number of sulfonamides is 1. The first kappa shape index (κ1) is 24.4. The van der Waals surface area contributed by atoms with Crippen LogP contribution in [0.25, 0.3) is 0 Å². The predicted molar refractivity (Wildman–Crippen MR) is 130 cm³/mol. The van der Waals surface area contributed by atoms with E-state index >= 15 is 0 Å². The van der Waals surface area contributed by atoms with Gasteiger partial charge in [0, 0.05) is 32.5 Å². The molecule has 1 fully saturated rings. The van der Waals surface area contributed by atoms with Crippen LogP contribution in [0.15, 0.2) is 64.5 Å². The highest BCUT2D eigenvalue weighted by Crippen LogP contribution is 2.19. The molecule has 2 aromatic rings. The molecule has 0 atom stereocenters. The first-order valence-corrected chi connectivity index (χ1v) is 11.4. The highest BCUT2D eigenvalue weighted by atomic mass is 127. The number of aliphatic imine (C=N–C) groups is 1. The normalized spacial score (nSPS) is 15.4. The van der Waals surface area contributed by atoms with Gasteiger partial charge < -0.3 is 15.0 Å². The maximum Gasteiger partial charge on any atom is 0.238 e. The number of nitrogens with zero attached hydrogens (tertiary/aromatic N) is 2. The fourth-order valence-corrected chi connectivity index (χ4v) is 3.87. The monoisotopic (exact) mass is 544 g/mol. The molecular weight excluding hydrogens is 515 g/mol. The van der Waals surface area contributed by atoms with Crippen LogP contribution in [-0.4, -0.2) is 45.0 Å². The van der Waals surface area contributed by atoms with E-state index in [1.165, 1.54) is 6.07 Å². The van der Waals surface area contributed by atoms with E-state index in [0.29, 0.717) is 6.54 Å². The summed E-state index contributed by atoms with van der Waals surface area (Å²) in [7, 11) is -3.72. The van der Waals surface area contributed by atoms with Gasteiger partial charge in [0.2, 0.25) is 10.0 Å². The lowest BCUT2D eigenvalue weighted by Crippen LogP contribution is -2.47. The van der Waals surface area contributed by atoms with Gasteiger partial charge in [-0.25, -0.2) is 18.5 Å². The summed E-state index contributed by atoms with van der Waals surface area (Å²) in [6.07, 6.45) is 2.03. The summed E-state index contributed by atoms with van der Waals surface area (Å²) in [5, 5.41) is 8.54. The number of para-hydroxylation sites is 1. The molecule has 3 N–H and O–H groups in total. The number of likely N-dealkylation sites (tertiary alicyclic amines) is 1. The molecule has 0 bridgehead atoms. The third kappa shape index (κ3) is 7.13. The average Bonchev–Trinajstić information content (AvgIpc) is 2.72. The Morgan fingerprint density at radius 2 is 1.87 bits per heavy atom. The third-order valence-corrected chi connectivity index (χ3v) is 5.67. The van der Waals surface area contributed by atoms with Gasteiger partial charge >= 0.3 is 0 Å². The van der Waals surface area contributed by atoms with Crippen LogP contribution in [0.2, 0.25) is 0 Å². The van der Waals surface area contributed by atoms with Crippen molar-refractivity contribution in [2.24, 2.45) is 10.1 Å². The first-order valence-electron chi connectivity index (χ1n) is 9.82. The molecule has 0 aliphatic carbocycles. The number of hydrogen-bond acceptors (Lipinski definition) is 4. The zero-order valence-corrected chi connectivity index (χ0v) is 20.2. The van der Waals surface area contributed by atoms with E-state index in [1.54, 1.807) is 12.1 Å². The summed E-state index contributed by atoms with van der Waals surface area (Å²) >= 11 is 0. The number of ether oxygens (including phenoxy) is 1. The Labute approximate surface area is 195 Å². The topological polar surface area (TPSA) is 97.0 Å². The first-order chi connectivity index (χ1) is 14.0. The molecule has 0 amide bonds. The summed E-state index contributed by atoms with van der Waals surface area (Å²) in [4.78, 5) is 7.02. The van der Waals surface area contributed by atoms with Crippen LogP contribution in [0.5, 0.6) is 5.75 Å². The van der Waals surface area contributed by atoms with Crippen LogP contribution in [0.1, 0.15) is 25.3 Å². The highest BCUT2D eigenvalue weighted by Gasteiger charge is 2.22. The molecule has 1 aliphatic heterocycles. The molecule has 30 heavy (non-hydrogen) atoms. The Balaban J connectivity index is 0.00000320. The van der Waals surface area contributed by atoms with E-state index in [0.717, 1.165) is 49.7 Å². The van der Waals surface area contributed by atoms with Gasteiger partial charge in [0.25, 0.3) is 0 Å². The number of benzene rings is 2. The van der Waals surface area contributed by atoms with Crippen molar-refractivity contribution in [2.75, 3.05) is 19.6 Å². The maximum atomic E-state index is 11.5. The van der Waals surface area contributed by atoms with Crippen LogP contribution >= 0.6 is 24.0 Å². The van der Waals surface area contributed by atoms with Crippen molar-refractivity contribution in [3.63, 3.8) is 0 Å². The molecule has 164 valence electrons. The van der Waals surface area contributed by atoms with Gasteiger partial charge in [0.05, 0.1) is 11.4 Å². The Hall–Kier alpha value is -1.85. The molecule has 9 heteroatoms. The van der Waals surface area contributed by atoms with Gasteiger partial charge in [-0.2, -0.15) is 0 Å². The molecule has 0 aromatic heterocycles. The Kier molecular flexibility index (Phi) is 9.37. The number of halogens is 1. The zero-order valence-electron chi connectivity index (χ0n) is 17.0. The van der Waals surface area contributed by atoms with Gasteiger partial charge in [0.1, 0.15) is 11.9 Å². The summed E-state index contributed by atoms with van der Waals surface area (Å²) in [5.41, 5.74) is 0.800. The van der Waals surface area contributed by atoms with Crippen molar-refractivity contribution in [1.82, 2.24) is 10.2 Å². The quantitative estimate of drug-likeness (QED) is 0.331. The van der Waals surface area contributed by atoms with Gasteiger partial charge in [-0.1, -0.05) is 30.3 Å². The van der Waals surface area contributed by atoms with E-state index in [1.807, 2.05) is 43.3 Å². The number of guanidine groups is 1. The van der Waals surface area contributed by atoms with Crippen LogP contribution in [0.4, 0.5) is 0 Å². The van der Waals surface area contributed by atoms with E-state index in [4.69, 9.17) is 14.9 Å². The molecule has 1 saturated heterocycles. The fraction of sp³-hybridized carbons (Fsp3) is 0.381. The lowest BCUT2D eigenvalue weighted by molar-refractivity contribution is 0.129. The molecule has 0 unspecified atom stereocenters. The molecule has 1 aliphatic rings. The summed E-state index contributed by atoms with van der Waals surface area (Å²) < 4.78 is 29.2. The minimum Gasteiger partial charge on any atom is -0.490 e. The molecule has 7 nitrogen and oxygen atoms in total. The van der Waals surface area contributed by atoms with Gasteiger partial charge in [-0.15, -0.1) is 24.0 Å². The standard InChI is InChI=1S/C21H28N4O3S.HI/c1-2-23-21(24-16-17-7-6-10-20(15-17)29(22,26)27)25-13-11-19(12-14-25)28-18-8-4-3-5-9-18;/h3-10,15,19H,2,11-14,16H2,1H3,(H,23,24)(H2,22,26,27);1H. The Morgan fingerprint density at radius 3 is 2.50 bits per heavy atom. The van der Waals surface area contributed by atoms with E-state index in [-0.39, 0.29) is 35.0 Å². The van der Waals surface area contributed by atoms with Crippen LogP contribution in [-0.2, 0) is 16.6 Å². The number of rotatable bonds is 6. The second-order valence-corrected chi connectivity index (χ2v) is 8.54. The minimum absolute atomic E-state index is 0. The average molecular weight is 544 g/mol. The van der Waals surface area contributed by atoms with Crippen molar-refractivity contribution in [2.45, 2.75) is 37.3 Å². The summed E-state index contributed by atoms with van der Waals surface area (Å²) in [5.74, 6) is 1.73. The number of hydrogen-bond donors (Lipinski definition) is 2. The summed E-state index contributed by atoms with van der Waals surface area (Å²) in [6, 6.07) is 16.5. The SMILES string of the molecule is CCNC(=NCc1cccc(S(N)(=O)=O)c1)N1CCC(Oc2ccccc2)CC1.I. The second-order valence-electron chi connectivity index (χ2n) is 6.98. The van der Waals surface area contributed by atoms with Crippen LogP contribution in [0, 0.1) is 0 Å². The molecule has 3 rings (SSSR count). The smallest absolute Gasteiger partial charge is 0.238 e. The second kappa shape index (κ2) is 11.5. The van der Waals surface area contributed by atoms with Crippen molar-refractivity contribution < 1.29 is 13.2 Å². The lowest BCUT2D eigenvalue weighted by atomic mass is 10.1. The number of piperidine rings is 1. The number of nitrogens with one attached hydrogen (secondary N) is 1. The highest BCUT2D eigenvalue weighted by molar-refractivity contribution is 14.0. The molecule has 1 heterocycles. The van der Waals surface area contributed by atoms with Crippen molar-refractivity contribution >= 4 is 40.0 Å². The molecular formula is C21H29IN4O3S. The van der Waals surface area contributed by atoms with Crippen molar-refractivity contribution in [1.29, 1.82) is 0 Å². The maximum absolute atomic E-state index is 11.5. The lowest BCUT2D eigenvalue weighted by Gasteiger charge is -2.34. The number of nitrogens with two attached hydrogens (primary N) is 1. The predicted octanol–water partition coefficient (Wildman–Crippen LogP) is 2.96. The van der Waals surface area contributed by atoms with Crippen molar-refractivity contribution in [3.05, 3.63) is 60.2 Å². The molecule has 2 aromatic carbocycles. The largest absolute Gasteiger partial charge is 0.490 e. The van der Waals surface area contributed by atoms with Crippen LogP contribution < -0.4 is 15.2 Å². The number of primary sulfonamides is 1. The van der Waals surface area contributed by atoms with E-state index in [2.05, 4.69) is 10.2 Å².